The molecule has 9 heteroatoms. The number of benzene rings is 2. The van der Waals surface area contributed by atoms with Gasteiger partial charge < -0.3 is 14.8 Å². The Morgan fingerprint density at radius 3 is 2.84 bits per heavy atom. The fourth-order valence-electron chi connectivity index (χ4n) is 2.93. The van der Waals surface area contributed by atoms with Crippen molar-refractivity contribution in [2.45, 2.75) is 0 Å². The summed E-state index contributed by atoms with van der Waals surface area (Å²) in [5, 5.41) is 4.91. The number of hydrogen-bond acceptors (Lipinski definition) is 6. The fourth-order valence-corrected chi connectivity index (χ4v) is 4.23. The number of nitrogens with zero attached hydrogens (tertiary/aromatic N) is 2. The van der Waals surface area contributed by atoms with Gasteiger partial charge in [0.2, 0.25) is 0 Å². The van der Waals surface area contributed by atoms with Gasteiger partial charge in [-0.05, 0) is 30.0 Å². The van der Waals surface area contributed by atoms with Gasteiger partial charge in [0.25, 0.3) is 5.91 Å². The van der Waals surface area contributed by atoms with Crippen LogP contribution in [0.4, 0.5) is 5.69 Å². The van der Waals surface area contributed by atoms with E-state index >= 15 is 0 Å². The van der Waals surface area contributed by atoms with Gasteiger partial charge >= 0.3 is 0 Å². The van der Waals surface area contributed by atoms with Crippen LogP contribution in [0.2, 0.25) is 10.0 Å². The molecule has 0 saturated carbocycles. The molecule has 4 rings (SSSR count). The van der Waals surface area contributed by atoms with E-state index in [1.807, 2.05) is 30.3 Å². The topological polar surface area (TPSA) is 72.8 Å². The SMILES string of the molecule is COCCOc1cc(N=C2NC(=O)C(=Cc3cccc4cccnc34)S2)c(Cl)cc1Cl. The number of thioether (sulfide) groups is 1. The van der Waals surface area contributed by atoms with Crippen LogP contribution in [0, 0.1) is 0 Å². The average Bonchev–Trinajstić information content (AvgIpc) is 3.10. The summed E-state index contributed by atoms with van der Waals surface area (Å²) in [6, 6.07) is 12.9. The van der Waals surface area contributed by atoms with Crippen LogP contribution in [0.1, 0.15) is 5.56 Å². The molecule has 0 aliphatic carbocycles. The van der Waals surface area contributed by atoms with E-state index in [4.69, 9.17) is 32.7 Å². The van der Waals surface area contributed by atoms with Crippen molar-refractivity contribution < 1.29 is 14.3 Å². The lowest BCUT2D eigenvalue weighted by atomic mass is 10.1. The summed E-state index contributed by atoms with van der Waals surface area (Å²) >= 11 is 13.7. The third-order valence-corrected chi connectivity index (χ3v) is 5.88. The Kier molecular flexibility index (Phi) is 6.77. The number of methoxy groups -OCH3 is 1. The normalized spacial score (nSPS) is 16.3. The van der Waals surface area contributed by atoms with Crippen LogP contribution in [0.15, 0.2) is 58.6 Å². The summed E-state index contributed by atoms with van der Waals surface area (Å²) in [5.74, 6) is 0.202. The number of amides is 1. The number of ether oxygens (including phenoxy) is 2. The fraction of sp³-hybridized carbons (Fsp3) is 0.136. The van der Waals surface area contributed by atoms with Crippen LogP contribution >= 0.6 is 35.0 Å². The van der Waals surface area contributed by atoms with E-state index in [1.54, 1.807) is 31.5 Å². The van der Waals surface area contributed by atoms with Crippen LogP contribution in [0.25, 0.3) is 17.0 Å². The summed E-state index contributed by atoms with van der Waals surface area (Å²) < 4.78 is 10.6. The monoisotopic (exact) mass is 473 g/mol. The van der Waals surface area contributed by atoms with Crippen molar-refractivity contribution in [2.24, 2.45) is 4.99 Å². The number of carbonyl (C=O) groups is 1. The van der Waals surface area contributed by atoms with Crippen molar-refractivity contribution in [1.82, 2.24) is 10.3 Å². The van der Waals surface area contributed by atoms with Crippen LogP contribution in [-0.2, 0) is 9.53 Å². The summed E-state index contributed by atoms with van der Waals surface area (Å²) in [5.41, 5.74) is 2.12. The molecule has 0 bridgehead atoms. The predicted octanol–water partition coefficient (Wildman–Crippen LogP) is 5.46. The van der Waals surface area contributed by atoms with Gasteiger partial charge in [0, 0.05) is 30.3 Å². The highest BCUT2D eigenvalue weighted by molar-refractivity contribution is 8.18. The second-order valence-corrected chi connectivity index (χ2v) is 8.32. The van der Waals surface area contributed by atoms with Crippen LogP contribution in [-0.4, -0.2) is 36.4 Å². The highest BCUT2D eigenvalue weighted by Crippen LogP contribution is 2.37. The molecular weight excluding hydrogens is 457 g/mol. The molecule has 6 nitrogen and oxygen atoms in total. The van der Waals surface area contributed by atoms with Gasteiger partial charge in [-0.2, -0.15) is 0 Å². The summed E-state index contributed by atoms with van der Waals surface area (Å²) in [6.45, 7) is 0.761. The Balaban J connectivity index is 1.61. The number of hydrogen-bond donors (Lipinski definition) is 1. The highest BCUT2D eigenvalue weighted by Gasteiger charge is 2.24. The average molecular weight is 474 g/mol. The van der Waals surface area contributed by atoms with E-state index in [9.17, 15) is 4.79 Å². The second-order valence-electron chi connectivity index (χ2n) is 6.48. The zero-order valence-corrected chi connectivity index (χ0v) is 18.7. The number of aliphatic imine (C=N–C) groups is 1. The maximum atomic E-state index is 12.5. The van der Waals surface area contributed by atoms with Gasteiger partial charge in [-0.1, -0.05) is 47.5 Å². The molecule has 0 radical (unpaired) electrons. The first kappa shape index (κ1) is 21.6. The van der Waals surface area contributed by atoms with Crippen molar-refractivity contribution in [3.05, 3.63) is 69.2 Å². The molecule has 0 atom stereocenters. The molecule has 1 N–H and O–H groups in total. The van der Waals surface area contributed by atoms with Crippen molar-refractivity contribution in [3.8, 4) is 5.75 Å². The molecule has 1 aliphatic heterocycles. The first-order chi connectivity index (χ1) is 15.0. The van der Waals surface area contributed by atoms with Crippen molar-refractivity contribution in [1.29, 1.82) is 0 Å². The van der Waals surface area contributed by atoms with Gasteiger partial charge in [0.15, 0.2) is 5.17 Å². The lowest BCUT2D eigenvalue weighted by Crippen LogP contribution is -2.19. The number of amidine groups is 1. The molecular formula is C22H17Cl2N3O3S. The van der Waals surface area contributed by atoms with Crippen molar-refractivity contribution in [2.75, 3.05) is 20.3 Å². The summed E-state index contributed by atoms with van der Waals surface area (Å²) in [6.07, 6.45) is 3.54. The van der Waals surface area contributed by atoms with Gasteiger partial charge in [-0.25, -0.2) is 4.99 Å². The molecule has 1 aliphatic rings. The molecule has 3 aromatic rings. The lowest BCUT2D eigenvalue weighted by molar-refractivity contribution is -0.115. The predicted molar refractivity (Wildman–Crippen MR) is 126 cm³/mol. The van der Waals surface area contributed by atoms with E-state index in [1.165, 1.54) is 11.8 Å². The Morgan fingerprint density at radius 2 is 2.00 bits per heavy atom. The number of carbonyl (C=O) groups excluding carboxylic acids is 1. The third kappa shape index (κ3) is 5.02. The molecule has 31 heavy (non-hydrogen) atoms. The molecule has 0 unspecified atom stereocenters. The molecule has 2 heterocycles. The Bertz CT molecular complexity index is 1210. The number of fused-ring (bicyclic) bond motifs is 1. The van der Waals surface area contributed by atoms with Crippen LogP contribution in [0.3, 0.4) is 0 Å². The summed E-state index contributed by atoms with van der Waals surface area (Å²) in [7, 11) is 1.59. The smallest absolute Gasteiger partial charge is 0.264 e. The summed E-state index contributed by atoms with van der Waals surface area (Å²) in [4.78, 5) is 21.9. The van der Waals surface area contributed by atoms with E-state index in [2.05, 4.69) is 15.3 Å². The zero-order valence-electron chi connectivity index (χ0n) is 16.4. The zero-order chi connectivity index (χ0) is 21.8. The maximum Gasteiger partial charge on any atom is 0.264 e. The van der Waals surface area contributed by atoms with Gasteiger partial charge in [-0.3, -0.25) is 9.78 Å². The third-order valence-electron chi connectivity index (χ3n) is 4.37. The van der Waals surface area contributed by atoms with E-state index in [0.29, 0.717) is 44.8 Å². The first-order valence-electron chi connectivity index (χ1n) is 9.29. The number of rotatable bonds is 6. The molecule has 1 saturated heterocycles. The van der Waals surface area contributed by atoms with Crippen molar-refractivity contribution >= 4 is 68.7 Å². The first-order valence-corrected chi connectivity index (χ1v) is 10.9. The Hall–Kier alpha value is -2.58. The number of pyridine rings is 1. The van der Waals surface area contributed by atoms with Gasteiger partial charge in [0.05, 0.1) is 32.8 Å². The van der Waals surface area contributed by atoms with E-state index < -0.39 is 0 Å². The molecule has 2 aromatic carbocycles. The minimum Gasteiger partial charge on any atom is -0.490 e. The minimum absolute atomic E-state index is 0.238. The number of nitrogens with one attached hydrogen (secondary N) is 1. The standard InChI is InChI=1S/C22H17Cl2N3O3S/c1-29-8-9-30-18-12-17(15(23)11-16(18)24)26-22-27-21(28)19(31-22)10-14-5-2-4-13-6-3-7-25-20(13)14/h2-7,10-12H,8-9H2,1H3,(H,26,27,28). The van der Waals surface area contributed by atoms with Gasteiger partial charge in [-0.15, -0.1) is 0 Å². The largest absolute Gasteiger partial charge is 0.490 e. The van der Waals surface area contributed by atoms with E-state index in [-0.39, 0.29) is 5.91 Å². The van der Waals surface area contributed by atoms with E-state index in [0.717, 1.165) is 16.5 Å². The Labute approximate surface area is 193 Å². The molecule has 1 aromatic heterocycles. The molecule has 1 fully saturated rings. The maximum absolute atomic E-state index is 12.5. The van der Waals surface area contributed by atoms with Crippen LogP contribution in [0.5, 0.6) is 5.75 Å². The Morgan fingerprint density at radius 1 is 1.16 bits per heavy atom. The number of aromatic nitrogens is 1. The highest BCUT2D eigenvalue weighted by atomic mass is 35.5. The van der Waals surface area contributed by atoms with Crippen LogP contribution < -0.4 is 10.1 Å². The van der Waals surface area contributed by atoms with Crippen molar-refractivity contribution in [3.63, 3.8) is 0 Å². The molecule has 158 valence electrons. The minimum atomic E-state index is -0.238. The second kappa shape index (κ2) is 9.70. The molecule has 0 spiro atoms. The number of halogens is 2. The molecule has 1 amide bonds. The lowest BCUT2D eigenvalue weighted by Gasteiger charge is -2.09. The number of para-hydroxylation sites is 1. The van der Waals surface area contributed by atoms with Gasteiger partial charge in [0.1, 0.15) is 12.4 Å². The quantitative estimate of drug-likeness (QED) is 0.380.